The molecule has 1 heterocycles. The van der Waals surface area contributed by atoms with E-state index in [1.54, 1.807) is 23.5 Å². The number of non-ortho nitro benzene ring substituents is 1. The lowest BCUT2D eigenvalue weighted by Gasteiger charge is -2.16. The van der Waals surface area contributed by atoms with Crippen molar-refractivity contribution in [3.8, 4) is 0 Å². The van der Waals surface area contributed by atoms with Crippen LogP contribution in [-0.4, -0.2) is 23.9 Å². The standard InChI is InChI=1S/C15H17N3O3S/c1-2-17(10-14-4-3-9-22-14)11-15(19)16-12-5-7-13(8-6-12)18(20)21/h3-9H,2,10-11H2,1H3,(H,16,19)/p+1. The lowest BCUT2D eigenvalue weighted by Crippen LogP contribution is -3.11. The fourth-order valence-corrected chi connectivity index (χ4v) is 2.85. The number of thiophene rings is 1. The van der Waals surface area contributed by atoms with E-state index in [1.165, 1.54) is 21.9 Å². The molecular weight excluding hydrogens is 302 g/mol. The SMILES string of the molecule is CC[NH+](CC(=O)Nc1ccc([N+](=O)[O-])cc1)Cc1cccs1. The molecule has 22 heavy (non-hydrogen) atoms. The molecule has 0 aliphatic heterocycles. The summed E-state index contributed by atoms with van der Waals surface area (Å²) in [4.78, 5) is 24.6. The molecule has 116 valence electrons. The summed E-state index contributed by atoms with van der Waals surface area (Å²) in [6.45, 7) is 4.08. The van der Waals surface area contributed by atoms with E-state index in [0.717, 1.165) is 13.1 Å². The number of carbonyl (C=O) groups excluding carboxylic acids is 1. The molecule has 1 amide bonds. The van der Waals surface area contributed by atoms with E-state index in [0.29, 0.717) is 12.2 Å². The minimum absolute atomic E-state index is 0.0107. The third kappa shape index (κ3) is 4.64. The smallest absolute Gasteiger partial charge is 0.279 e. The van der Waals surface area contributed by atoms with Gasteiger partial charge in [-0.1, -0.05) is 6.07 Å². The Morgan fingerprint density at radius 1 is 1.32 bits per heavy atom. The van der Waals surface area contributed by atoms with E-state index in [4.69, 9.17) is 0 Å². The van der Waals surface area contributed by atoms with Gasteiger partial charge in [0.25, 0.3) is 11.6 Å². The molecule has 1 unspecified atom stereocenters. The van der Waals surface area contributed by atoms with Gasteiger partial charge in [0.05, 0.1) is 16.3 Å². The Balaban J connectivity index is 1.89. The molecule has 1 aromatic carbocycles. The number of carbonyl (C=O) groups is 1. The molecule has 0 saturated heterocycles. The molecule has 0 saturated carbocycles. The number of nitrogens with zero attached hydrogens (tertiary/aromatic N) is 1. The maximum atomic E-state index is 12.1. The lowest BCUT2D eigenvalue weighted by atomic mass is 10.3. The van der Waals surface area contributed by atoms with Gasteiger partial charge < -0.3 is 10.2 Å². The number of anilines is 1. The Morgan fingerprint density at radius 2 is 2.05 bits per heavy atom. The van der Waals surface area contributed by atoms with Crippen LogP contribution in [0.1, 0.15) is 11.8 Å². The molecule has 6 nitrogen and oxygen atoms in total. The molecule has 0 fully saturated rings. The van der Waals surface area contributed by atoms with E-state index >= 15 is 0 Å². The predicted octanol–water partition coefficient (Wildman–Crippen LogP) is 1.70. The van der Waals surface area contributed by atoms with Crippen molar-refractivity contribution in [1.82, 2.24) is 0 Å². The number of amides is 1. The molecule has 0 aliphatic rings. The third-order valence-electron chi connectivity index (χ3n) is 3.28. The molecular formula is C15H18N3O3S+. The monoisotopic (exact) mass is 320 g/mol. The fourth-order valence-electron chi connectivity index (χ4n) is 2.07. The van der Waals surface area contributed by atoms with Gasteiger partial charge in [-0.25, -0.2) is 0 Å². The number of likely N-dealkylation sites (N-methyl/N-ethyl adjacent to an activating group) is 1. The maximum Gasteiger partial charge on any atom is 0.279 e. The zero-order valence-electron chi connectivity index (χ0n) is 12.2. The van der Waals surface area contributed by atoms with Crippen LogP contribution in [0.4, 0.5) is 11.4 Å². The average molecular weight is 320 g/mol. The highest BCUT2D eigenvalue weighted by molar-refractivity contribution is 7.09. The second-order valence-corrected chi connectivity index (χ2v) is 5.92. The summed E-state index contributed by atoms with van der Waals surface area (Å²) < 4.78 is 0. The first-order valence-electron chi connectivity index (χ1n) is 6.98. The van der Waals surface area contributed by atoms with E-state index in [9.17, 15) is 14.9 Å². The highest BCUT2D eigenvalue weighted by Gasteiger charge is 2.14. The zero-order chi connectivity index (χ0) is 15.9. The van der Waals surface area contributed by atoms with Crippen LogP contribution in [0.2, 0.25) is 0 Å². The van der Waals surface area contributed by atoms with Crippen molar-refractivity contribution in [2.45, 2.75) is 13.5 Å². The van der Waals surface area contributed by atoms with Crippen LogP contribution in [-0.2, 0) is 11.3 Å². The van der Waals surface area contributed by atoms with Crippen molar-refractivity contribution in [1.29, 1.82) is 0 Å². The topological polar surface area (TPSA) is 76.7 Å². The van der Waals surface area contributed by atoms with Crippen LogP contribution < -0.4 is 10.2 Å². The summed E-state index contributed by atoms with van der Waals surface area (Å²) in [5.74, 6) is -0.0951. The molecule has 2 N–H and O–H groups in total. The minimum atomic E-state index is -0.463. The number of hydrogen-bond acceptors (Lipinski definition) is 4. The lowest BCUT2D eigenvalue weighted by molar-refractivity contribution is -0.903. The van der Waals surface area contributed by atoms with Gasteiger partial charge in [-0.15, -0.1) is 11.3 Å². The summed E-state index contributed by atoms with van der Waals surface area (Å²) >= 11 is 1.69. The Kier molecular flexibility index (Phi) is 5.62. The Labute approximate surface area is 132 Å². The first kappa shape index (κ1) is 16.1. The second kappa shape index (κ2) is 7.67. The van der Waals surface area contributed by atoms with Crippen LogP contribution in [0.25, 0.3) is 0 Å². The van der Waals surface area contributed by atoms with Crippen molar-refractivity contribution in [2.24, 2.45) is 0 Å². The fraction of sp³-hybridized carbons (Fsp3) is 0.267. The van der Waals surface area contributed by atoms with Gasteiger partial charge in [0.15, 0.2) is 6.54 Å². The van der Waals surface area contributed by atoms with Crippen LogP contribution in [0.5, 0.6) is 0 Å². The van der Waals surface area contributed by atoms with Crippen molar-refractivity contribution in [3.63, 3.8) is 0 Å². The average Bonchev–Trinajstić information content (AvgIpc) is 3.00. The molecule has 0 spiro atoms. The molecule has 7 heteroatoms. The zero-order valence-corrected chi connectivity index (χ0v) is 13.1. The van der Waals surface area contributed by atoms with Gasteiger partial charge in [-0.05, 0) is 30.5 Å². The van der Waals surface area contributed by atoms with Crippen LogP contribution >= 0.6 is 11.3 Å². The summed E-state index contributed by atoms with van der Waals surface area (Å²) in [5, 5.41) is 15.4. The first-order chi connectivity index (χ1) is 10.6. The molecule has 1 atom stereocenters. The van der Waals surface area contributed by atoms with Gasteiger partial charge in [0.1, 0.15) is 6.54 Å². The van der Waals surface area contributed by atoms with Gasteiger partial charge in [0.2, 0.25) is 0 Å². The number of nitro benzene ring substituents is 1. The van der Waals surface area contributed by atoms with E-state index in [-0.39, 0.29) is 11.6 Å². The van der Waals surface area contributed by atoms with Crippen LogP contribution in [0.15, 0.2) is 41.8 Å². The van der Waals surface area contributed by atoms with Gasteiger partial charge in [-0.2, -0.15) is 0 Å². The number of quaternary nitrogens is 1. The third-order valence-corrected chi connectivity index (χ3v) is 4.15. The molecule has 0 radical (unpaired) electrons. The quantitative estimate of drug-likeness (QED) is 0.602. The van der Waals surface area contributed by atoms with E-state index in [2.05, 4.69) is 11.4 Å². The van der Waals surface area contributed by atoms with Crippen molar-refractivity contribution < 1.29 is 14.6 Å². The van der Waals surface area contributed by atoms with E-state index < -0.39 is 4.92 Å². The number of hydrogen-bond donors (Lipinski definition) is 2. The number of nitro groups is 1. The molecule has 0 aliphatic carbocycles. The minimum Gasteiger partial charge on any atom is -0.323 e. The van der Waals surface area contributed by atoms with Crippen LogP contribution in [0, 0.1) is 10.1 Å². The summed E-state index contributed by atoms with van der Waals surface area (Å²) in [6, 6.07) is 9.91. The normalized spacial score (nSPS) is 11.9. The Hall–Kier alpha value is -2.25. The predicted molar refractivity (Wildman–Crippen MR) is 86.1 cm³/mol. The largest absolute Gasteiger partial charge is 0.323 e. The Bertz CT molecular complexity index is 626. The van der Waals surface area contributed by atoms with Gasteiger partial charge >= 0.3 is 0 Å². The summed E-state index contributed by atoms with van der Waals surface area (Å²) in [5.41, 5.74) is 0.582. The molecule has 0 bridgehead atoms. The van der Waals surface area contributed by atoms with Crippen molar-refractivity contribution >= 4 is 28.6 Å². The number of benzene rings is 1. The summed E-state index contributed by atoms with van der Waals surface area (Å²) in [7, 11) is 0. The second-order valence-electron chi connectivity index (χ2n) is 4.89. The first-order valence-corrected chi connectivity index (χ1v) is 7.86. The van der Waals surface area contributed by atoms with Crippen molar-refractivity contribution in [2.75, 3.05) is 18.4 Å². The van der Waals surface area contributed by atoms with E-state index in [1.807, 2.05) is 18.4 Å². The highest BCUT2D eigenvalue weighted by atomic mass is 32.1. The Morgan fingerprint density at radius 3 is 2.59 bits per heavy atom. The molecule has 2 rings (SSSR count). The highest BCUT2D eigenvalue weighted by Crippen LogP contribution is 2.15. The number of nitrogens with one attached hydrogen (secondary N) is 2. The number of rotatable bonds is 7. The van der Waals surface area contributed by atoms with Crippen molar-refractivity contribution in [3.05, 3.63) is 56.8 Å². The molecule has 2 aromatic rings. The van der Waals surface area contributed by atoms with Gasteiger partial charge in [0, 0.05) is 17.8 Å². The maximum absolute atomic E-state index is 12.1. The molecule has 1 aromatic heterocycles. The van der Waals surface area contributed by atoms with Gasteiger partial charge in [-0.3, -0.25) is 14.9 Å². The van der Waals surface area contributed by atoms with Crippen LogP contribution in [0.3, 0.4) is 0 Å². The summed E-state index contributed by atoms with van der Waals surface area (Å²) in [6.07, 6.45) is 0.